The monoisotopic (exact) mass is 260 g/mol. The van der Waals surface area contributed by atoms with Gasteiger partial charge in [0.15, 0.2) is 0 Å². The predicted octanol–water partition coefficient (Wildman–Crippen LogP) is 3.08. The maximum Gasteiger partial charge on any atom is 0.0209 e. The predicted molar refractivity (Wildman–Crippen MR) is 82.5 cm³/mol. The molecule has 2 rings (SSSR count). The van der Waals surface area contributed by atoms with Crippen molar-refractivity contribution in [2.45, 2.75) is 58.2 Å². The fourth-order valence-corrected chi connectivity index (χ4v) is 2.91. The second-order valence-corrected chi connectivity index (χ2v) is 6.17. The molecular weight excluding hydrogens is 232 g/mol. The van der Waals surface area contributed by atoms with Crippen LogP contribution in [0.5, 0.6) is 0 Å². The first kappa shape index (κ1) is 14.5. The minimum absolute atomic E-state index is 0.609. The number of hydrogen-bond acceptors (Lipinski definition) is 2. The van der Waals surface area contributed by atoms with E-state index in [4.69, 9.17) is 0 Å². The van der Waals surface area contributed by atoms with Crippen LogP contribution in [0.3, 0.4) is 0 Å². The molecule has 1 fully saturated rings. The van der Waals surface area contributed by atoms with Gasteiger partial charge in [-0.1, -0.05) is 30.3 Å². The molecule has 106 valence electrons. The van der Waals surface area contributed by atoms with Crippen molar-refractivity contribution in [3.05, 3.63) is 35.9 Å². The van der Waals surface area contributed by atoms with Crippen molar-refractivity contribution in [2.24, 2.45) is 0 Å². The Hall–Kier alpha value is -0.860. The maximum absolute atomic E-state index is 3.79. The van der Waals surface area contributed by atoms with Crippen molar-refractivity contribution in [1.29, 1.82) is 0 Å². The molecule has 1 heterocycles. The van der Waals surface area contributed by atoms with Gasteiger partial charge in [-0.3, -0.25) is 4.90 Å². The summed E-state index contributed by atoms with van der Waals surface area (Å²) in [5, 5.41) is 3.79. The van der Waals surface area contributed by atoms with E-state index in [1.165, 1.54) is 37.9 Å². The van der Waals surface area contributed by atoms with Crippen molar-refractivity contribution in [3.63, 3.8) is 0 Å². The Kier molecular flexibility index (Phi) is 5.41. The summed E-state index contributed by atoms with van der Waals surface area (Å²) >= 11 is 0. The Balaban J connectivity index is 1.69. The minimum atomic E-state index is 0.609. The second kappa shape index (κ2) is 7.06. The second-order valence-electron chi connectivity index (χ2n) is 6.17. The third-order valence-corrected chi connectivity index (χ3v) is 4.18. The quantitative estimate of drug-likeness (QED) is 0.845. The lowest BCUT2D eigenvalue weighted by Crippen LogP contribution is -2.39. The lowest BCUT2D eigenvalue weighted by Gasteiger charge is -2.22. The number of benzene rings is 1. The number of nitrogens with one attached hydrogen (secondary N) is 1. The Bertz CT molecular complexity index is 361. The molecule has 0 aliphatic carbocycles. The molecule has 0 saturated carbocycles. The van der Waals surface area contributed by atoms with Gasteiger partial charge in [0.1, 0.15) is 0 Å². The smallest absolute Gasteiger partial charge is 0.0209 e. The van der Waals surface area contributed by atoms with Crippen LogP contribution in [0, 0.1) is 0 Å². The highest BCUT2D eigenvalue weighted by Crippen LogP contribution is 2.14. The van der Waals surface area contributed by atoms with Crippen LogP contribution >= 0.6 is 0 Å². The van der Waals surface area contributed by atoms with Crippen LogP contribution in [0.2, 0.25) is 0 Å². The first-order chi connectivity index (χ1) is 9.15. The molecule has 1 saturated heterocycles. The van der Waals surface area contributed by atoms with E-state index in [-0.39, 0.29) is 0 Å². The van der Waals surface area contributed by atoms with Crippen molar-refractivity contribution in [2.75, 3.05) is 13.1 Å². The van der Waals surface area contributed by atoms with Crippen LogP contribution in [0.15, 0.2) is 30.3 Å². The molecule has 2 nitrogen and oxygen atoms in total. The van der Waals surface area contributed by atoms with Crippen LogP contribution in [0.25, 0.3) is 0 Å². The molecule has 1 aromatic carbocycles. The lowest BCUT2D eigenvalue weighted by atomic mass is 10.1. The maximum atomic E-state index is 3.79. The average Bonchev–Trinajstić information content (AvgIpc) is 2.86. The standard InChI is InChI=1S/C17H28N2/c1-14(2)19-12-11-17(13-19)18-15(3)9-10-16-7-5-4-6-8-16/h4-8,14-15,17-18H,9-13H2,1-3H3. The van der Waals surface area contributed by atoms with Crippen LogP contribution in [-0.2, 0) is 6.42 Å². The average molecular weight is 260 g/mol. The molecular formula is C17H28N2. The van der Waals surface area contributed by atoms with Gasteiger partial charge in [0, 0.05) is 24.7 Å². The molecule has 2 heteroatoms. The summed E-state index contributed by atoms with van der Waals surface area (Å²) in [4.78, 5) is 2.57. The minimum Gasteiger partial charge on any atom is -0.310 e. The molecule has 2 atom stereocenters. The van der Waals surface area contributed by atoms with Gasteiger partial charge in [-0.25, -0.2) is 0 Å². The Labute approximate surface area is 118 Å². The summed E-state index contributed by atoms with van der Waals surface area (Å²) in [5.41, 5.74) is 1.45. The van der Waals surface area contributed by atoms with Crippen LogP contribution in [0.1, 0.15) is 39.2 Å². The summed E-state index contributed by atoms with van der Waals surface area (Å²) in [6.07, 6.45) is 3.70. The molecule has 19 heavy (non-hydrogen) atoms. The third kappa shape index (κ3) is 4.63. The molecule has 0 aromatic heterocycles. The van der Waals surface area contributed by atoms with Gasteiger partial charge in [0.05, 0.1) is 0 Å². The first-order valence-electron chi connectivity index (χ1n) is 7.69. The number of nitrogens with zero attached hydrogens (tertiary/aromatic N) is 1. The van der Waals surface area contributed by atoms with Crippen molar-refractivity contribution in [1.82, 2.24) is 10.2 Å². The highest BCUT2D eigenvalue weighted by Gasteiger charge is 2.24. The van der Waals surface area contributed by atoms with E-state index < -0.39 is 0 Å². The first-order valence-corrected chi connectivity index (χ1v) is 7.69. The topological polar surface area (TPSA) is 15.3 Å². The largest absolute Gasteiger partial charge is 0.310 e. The summed E-state index contributed by atoms with van der Waals surface area (Å²) in [6.45, 7) is 9.37. The van der Waals surface area contributed by atoms with E-state index >= 15 is 0 Å². The van der Waals surface area contributed by atoms with Gasteiger partial charge in [-0.15, -0.1) is 0 Å². The fraction of sp³-hybridized carbons (Fsp3) is 0.647. The summed E-state index contributed by atoms with van der Waals surface area (Å²) in [5.74, 6) is 0. The molecule has 0 bridgehead atoms. The van der Waals surface area contributed by atoms with Gasteiger partial charge in [0.25, 0.3) is 0 Å². The zero-order valence-electron chi connectivity index (χ0n) is 12.6. The lowest BCUT2D eigenvalue weighted by molar-refractivity contribution is 0.265. The molecule has 1 aromatic rings. The fourth-order valence-electron chi connectivity index (χ4n) is 2.91. The van der Waals surface area contributed by atoms with E-state index in [1.54, 1.807) is 0 Å². The zero-order chi connectivity index (χ0) is 13.7. The van der Waals surface area contributed by atoms with Crippen LogP contribution in [0.4, 0.5) is 0 Å². The van der Waals surface area contributed by atoms with E-state index in [9.17, 15) is 0 Å². The molecule has 0 amide bonds. The third-order valence-electron chi connectivity index (χ3n) is 4.18. The number of likely N-dealkylation sites (tertiary alicyclic amines) is 1. The SMILES string of the molecule is CC(CCc1ccccc1)NC1CCN(C(C)C)C1. The Morgan fingerprint density at radius 1 is 1.21 bits per heavy atom. The molecule has 1 aliphatic heterocycles. The molecule has 2 unspecified atom stereocenters. The summed E-state index contributed by atoms with van der Waals surface area (Å²) in [7, 11) is 0. The van der Waals surface area contributed by atoms with Gasteiger partial charge < -0.3 is 5.32 Å². The van der Waals surface area contributed by atoms with Gasteiger partial charge in [-0.05, 0) is 52.1 Å². The van der Waals surface area contributed by atoms with Crippen molar-refractivity contribution >= 4 is 0 Å². The number of aryl methyl sites for hydroxylation is 1. The Morgan fingerprint density at radius 2 is 1.95 bits per heavy atom. The molecule has 1 N–H and O–H groups in total. The summed E-state index contributed by atoms with van der Waals surface area (Å²) < 4.78 is 0. The van der Waals surface area contributed by atoms with E-state index in [2.05, 4.69) is 61.3 Å². The molecule has 1 aliphatic rings. The zero-order valence-corrected chi connectivity index (χ0v) is 12.6. The molecule has 0 spiro atoms. The van der Waals surface area contributed by atoms with Gasteiger partial charge >= 0.3 is 0 Å². The number of rotatable bonds is 6. The Morgan fingerprint density at radius 3 is 2.58 bits per heavy atom. The highest BCUT2D eigenvalue weighted by atomic mass is 15.2. The van der Waals surface area contributed by atoms with E-state index in [0.717, 1.165) is 0 Å². The number of hydrogen-bond donors (Lipinski definition) is 1. The molecule has 0 radical (unpaired) electrons. The van der Waals surface area contributed by atoms with Crippen molar-refractivity contribution in [3.8, 4) is 0 Å². The van der Waals surface area contributed by atoms with Gasteiger partial charge in [0.2, 0.25) is 0 Å². The highest BCUT2D eigenvalue weighted by molar-refractivity contribution is 5.14. The van der Waals surface area contributed by atoms with Crippen molar-refractivity contribution < 1.29 is 0 Å². The van der Waals surface area contributed by atoms with Gasteiger partial charge in [-0.2, -0.15) is 0 Å². The van der Waals surface area contributed by atoms with Crippen LogP contribution in [-0.4, -0.2) is 36.1 Å². The normalized spacial score (nSPS) is 22.0. The van der Waals surface area contributed by atoms with E-state index in [0.29, 0.717) is 18.1 Å². The summed E-state index contributed by atoms with van der Waals surface area (Å²) in [6, 6.07) is 12.8. The van der Waals surface area contributed by atoms with Crippen LogP contribution < -0.4 is 5.32 Å². The van der Waals surface area contributed by atoms with E-state index in [1.807, 2.05) is 0 Å².